The maximum atomic E-state index is 12.7. The Morgan fingerprint density at radius 1 is 1.15 bits per heavy atom. The van der Waals surface area contributed by atoms with E-state index in [4.69, 9.17) is 21.1 Å². The monoisotopic (exact) mass is 399 g/mol. The third-order valence-electron chi connectivity index (χ3n) is 3.99. The smallest absolute Gasteiger partial charge is 0.291 e. The molecule has 0 N–H and O–H groups in total. The fourth-order valence-corrected chi connectivity index (χ4v) is 3.75. The van der Waals surface area contributed by atoms with Gasteiger partial charge in [-0.05, 0) is 30.3 Å². The SMILES string of the molecule is COc1ccc(/C=c2\sc3nc(-c4cccc(Cl)c4)nn3c2=O)c(OC)c1. The van der Waals surface area contributed by atoms with E-state index in [1.165, 1.54) is 15.9 Å². The Morgan fingerprint density at radius 2 is 2.00 bits per heavy atom. The summed E-state index contributed by atoms with van der Waals surface area (Å²) in [5.41, 5.74) is 1.31. The molecule has 0 unspecified atom stereocenters. The van der Waals surface area contributed by atoms with E-state index in [0.717, 1.165) is 11.1 Å². The number of benzene rings is 2. The van der Waals surface area contributed by atoms with Crippen molar-refractivity contribution >= 4 is 34.0 Å². The zero-order valence-corrected chi connectivity index (χ0v) is 16.0. The van der Waals surface area contributed by atoms with Gasteiger partial charge >= 0.3 is 0 Å². The number of ether oxygens (including phenoxy) is 2. The molecule has 6 nitrogen and oxygen atoms in total. The Morgan fingerprint density at radius 3 is 2.70 bits per heavy atom. The Hall–Kier alpha value is -2.90. The molecular weight excluding hydrogens is 386 g/mol. The van der Waals surface area contributed by atoms with Gasteiger partial charge in [-0.2, -0.15) is 9.50 Å². The molecule has 0 fully saturated rings. The number of halogens is 1. The lowest BCUT2D eigenvalue weighted by Crippen LogP contribution is -2.23. The zero-order valence-electron chi connectivity index (χ0n) is 14.5. The van der Waals surface area contributed by atoms with Gasteiger partial charge in [-0.15, -0.1) is 5.10 Å². The van der Waals surface area contributed by atoms with Gasteiger partial charge in [-0.25, -0.2) is 0 Å². The fraction of sp³-hybridized carbons (Fsp3) is 0.105. The first-order chi connectivity index (χ1) is 13.1. The summed E-state index contributed by atoms with van der Waals surface area (Å²) >= 11 is 7.29. The molecular formula is C19H14ClN3O3S. The van der Waals surface area contributed by atoms with Crippen LogP contribution in [-0.4, -0.2) is 28.8 Å². The third kappa shape index (κ3) is 3.27. The molecule has 0 amide bonds. The van der Waals surface area contributed by atoms with Gasteiger partial charge in [-0.1, -0.05) is 35.1 Å². The molecule has 0 radical (unpaired) electrons. The molecule has 0 atom stereocenters. The summed E-state index contributed by atoms with van der Waals surface area (Å²) in [5.74, 6) is 1.77. The lowest BCUT2D eigenvalue weighted by molar-refractivity contribution is 0.393. The summed E-state index contributed by atoms with van der Waals surface area (Å²) in [6.45, 7) is 0. The van der Waals surface area contributed by atoms with Crippen molar-refractivity contribution in [1.29, 1.82) is 0 Å². The van der Waals surface area contributed by atoms with Gasteiger partial charge < -0.3 is 9.47 Å². The standard InChI is InChI=1S/C19H14ClN3O3S/c1-25-14-7-6-11(15(10-14)26-2)9-16-18(24)23-19(27-16)21-17(22-23)12-4-3-5-13(20)8-12/h3-10H,1-2H3/b16-9-. The summed E-state index contributed by atoms with van der Waals surface area (Å²) in [6, 6.07) is 12.6. The van der Waals surface area contributed by atoms with Crippen molar-refractivity contribution in [3.05, 3.63) is 67.9 Å². The van der Waals surface area contributed by atoms with Crippen molar-refractivity contribution < 1.29 is 9.47 Å². The molecule has 0 spiro atoms. The minimum absolute atomic E-state index is 0.228. The van der Waals surface area contributed by atoms with Crippen LogP contribution in [0.4, 0.5) is 0 Å². The predicted molar refractivity (Wildman–Crippen MR) is 106 cm³/mol. The van der Waals surface area contributed by atoms with Crippen molar-refractivity contribution in [3.8, 4) is 22.9 Å². The van der Waals surface area contributed by atoms with E-state index in [-0.39, 0.29) is 5.56 Å². The molecule has 136 valence electrons. The zero-order chi connectivity index (χ0) is 19.0. The van der Waals surface area contributed by atoms with E-state index < -0.39 is 0 Å². The van der Waals surface area contributed by atoms with Crippen LogP contribution in [0.2, 0.25) is 5.02 Å². The molecule has 0 bridgehead atoms. The maximum absolute atomic E-state index is 12.7. The number of aromatic nitrogens is 3. The van der Waals surface area contributed by atoms with Crippen LogP contribution in [0.15, 0.2) is 47.3 Å². The second-order valence-electron chi connectivity index (χ2n) is 5.66. The molecule has 0 aliphatic rings. The Kier molecular flexibility index (Phi) is 4.55. The van der Waals surface area contributed by atoms with Crippen LogP contribution < -0.4 is 19.6 Å². The van der Waals surface area contributed by atoms with Crippen molar-refractivity contribution in [1.82, 2.24) is 14.6 Å². The quantitative estimate of drug-likeness (QED) is 0.527. The molecule has 27 heavy (non-hydrogen) atoms. The number of thiazole rings is 1. The van der Waals surface area contributed by atoms with Crippen molar-refractivity contribution in [2.24, 2.45) is 0 Å². The average molecular weight is 400 g/mol. The third-order valence-corrected chi connectivity index (χ3v) is 5.19. The maximum Gasteiger partial charge on any atom is 0.291 e. The van der Waals surface area contributed by atoms with E-state index >= 15 is 0 Å². The fourth-order valence-electron chi connectivity index (χ4n) is 2.66. The number of methoxy groups -OCH3 is 2. The van der Waals surface area contributed by atoms with Crippen molar-refractivity contribution in [3.63, 3.8) is 0 Å². The van der Waals surface area contributed by atoms with Crippen LogP contribution in [0.5, 0.6) is 11.5 Å². The van der Waals surface area contributed by atoms with Gasteiger partial charge in [0, 0.05) is 22.2 Å². The van der Waals surface area contributed by atoms with Crippen LogP contribution in [0.1, 0.15) is 5.56 Å². The predicted octanol–water partition coefficient (Wildman–Crippen LogP) is 3.04. The lowest BCUT2D eigenvalue weighted by atomic mass is 10.2. The topological polar surface area (TPSA) is 65.7 Å². The lowest BCUT2D eigenvalue weighted by Gasteiger charge is -2.06. The normalized spacial score (nSPS) is 11.9. The van der Waals surface area contributed by atoms with E-state index in [2.05, 4.69) is 10.1 Å². The van der Waals surface area contributed by atoms with Gasteiger partial charge in [0.15, 0.2) is 5.82 Å². The van der Waals surface area contributed by atoms with Gasteiger partial charge in [0.1, 0.15) is 11.5 Å². The van der Waals surface area contributed by atoms with E-state index in [9.17, 15) is 4.79 Å². The summed E-state index contributed by atoms with van der Waals surface area (Å²) in [6.07, 6.45) is 1.76. The van der Waals surface area contributed by atoms with E-state index in [1.807, 2.05) is 24.3 Å². The van der Waals surface area contributed by atoms with E-state index in [0.29, 0.717) is 31.8 Å². The first-order valence-corrected chi connectivity index (χ1v) is 9.18. The first-order valence-electron chi connectivity index (χ1n) is 7.98. The molecule has 2 heterocycles. The summed E-state index contributed by atoms with van der Waals surface area (Å²) < 4.78 is 12.4. The van der Waals surface area contributed by atoms with Gasteiger partial charge in [0.2, 0.25) is 4.96 Å². The van der Waals surface area contributed by atoms with Gasteiger partial charge in [0.05, 0.1) is 18.8 Å². The summed E-state index contributed by atoms with van der Waals surface area (Å²) in [7, 11) is 3.16. The van der Waals surface area contributed by atoms with E-state index in [1.54, 1.807) is 38.5 Å². The van der Waals surface area contributed by atoms with Crippen LogP contribution in [0, 0.1) is 0 Å². The second kappa shape index (κ2) is 7.02. The highest BCUT2D eigenvalue weighted by molar-refractivity contribution is 7.15. The second-order valence-corrected chi connectivity index (χ2v) is 7.11. The summed E-state index contributed by atoms with van der Waals surface area (Å²) in [4.78, 5) is 17.7. The number of hydrogen-bond acceptors (Lipinski definition) is 6. The number of hydrogen-bond donors (Lipinski definition) is 0. The van der Waals surface area contributed by atoms with Crippen LogP contribution in [0.25, 0.3) is 22.4 Å². The Bertz CT molecular complexity index is 1250. The van der Waals surface area contributed by atoms with Crippen LogP contribution >= 0.6 is 22.9 Å². The molecule has 8 heteroatoms. The van der Waals surface area contributed by atoms with Gasteiger partial charge in [-0.3, -0.25) is 4.79 Å². The highest BCUT2D eigenvalue weighted by Crippen LogP contribution is 2.25. The largest absolute Gasteiger partial charge is 0.497 e. The number of fused-ring (bicyclic) bond motifs is 1. The molecule has 0 aliphatic heterocycles. The number of nitrogens with zero attached hydrogens (tertiary/aromatic N) is 3. The molecule has 2 aromatic carbocycles. The Labute approximate surface area is 163 Å². The van der Waals surface area contributed by atoms with Gasteiger partial charge in [0.25, 0.3) is 5.56 Å². The van der Waals surface area contributed by atoms with Crippen LogP contribution in [-0.2, 0) is 0 Å². The highest BCUT2D eigenvalue weighted by atomic mass is 35.5. The van der Waals surface area contributed by atoms with Crippen molar-refractivity contribution in [2.75, 3.05) is 14.2 Å². The number of rotatable bonds is 4. The molecule has 0 saturated heterocycles. The molecule has 4 rings (SSSR count). The molecule has 0 aliphatic carbocycles. The minimum atomic E-state index is -0.228. The summed E-state index contributed by atoms with van der Waals surface area (Å²) in [5, 5.41) is 4.92. The minimum Gasteiger partial charge on any atom is -0.497 e. The average Bonchev–Trinajstić information content (AvgIpc) is 3.22. The Balaban J connectivity index is 1.80. The van der Waals surface area contributed by atoms with Crippen LogP contribution in [0.3, 0.4) is 0 Å². The molecule has 2 aromatic heterocycles. The van der Waals surface area contributed by atoms with Crippen molar-refractivity contribution in [2.45, 2.75) is 0 Å². The molecule has 4 aromatic rings. The molecule has 0 saturated carbocycles. The highest BCUT2D eigenvalue weighted by Gasteiger charge is 2.13. The first kappa shape index (κ1) is 17.5.